The minimum absolute atomic E-state index is 0. The van der Waals surface area contributed by atoms with Crippen molar-refractivity contribution >= 4 is 12.4 Å². The Balaban J connectivity index is 0.00000121. The van der Waals surface area contributed by atoms with Crippen LogP contribution in [0.15, 0.2) is 30.3 Å². The summed E-state index contributed by atoms with van der Waals surface area (Å²) in [6.45, 7) is 5.28. The van der Waals surface area contributed by atoms with Crippen molar-refractivity contribution < 1.29 is 0 Å². The summed E-state index contributed by atoms with van der Waals surface area (Å²) in [5, 5.41) is 3.36. The van der Waals surface area contributed by atoms with Crippen molar-refractivity contribution in [1.29, 1.82) is 0 Å². The third kappa shape index (κ3) is 4.37. The van der Waals surface area contributed by atoms with E-state index in [2.05, 4.69) is 43.4 Å². The molecule has 0 aliphatic carbocycles. The van der Waals surface area contributed by atoms with Crippen molar-refractivity contribution in [2.45, 2.75) is 26.4 Å². The summed E-state index contributed by atoms with van der Waals surface area (Å²) >= 11 is 0. The van der Waals surface area contributed by atoms with Crippen LogP contribution in [0.3, 0.4) is 0 Å². The first kappa shape index (κ1) is 11.5. The molecule has 0 aromatic heterocycles. The molecule has 0 amide bonds. The smallest absolute Gasteiger partial charge is 0.0207 e. The molecule has 0 atom stereocenters. The van der Waals surface area contributed by atoms with Gasteiger partial charge in [0.05, 0.1) is 0 Å². The second-order valence-corrected chi connectivity index (χ2v) is 3.02. The normalized spacial score (nSPS) is 9.58. The predicted molar refractivity (Wildman–Crippen MR) is 55.7 cm³/mol. The Morgan fingerprint density at radius 3 is 2.25 bits per heavy atom. The van der Waals surface area contributed by atoms with E-state index in [1.165, 1.54) is 5.56 Å². The summed E-state index contributed by atoms with van der Waals surface area (Å²) in [7, 11) is 0. The quantitative estimate of drug-likeness (QED) is 0.764. The molecule has 0 aliphatic rings. The molecule has 1 aromatic carbocycles. The van der Waals surface area contributed by atoms with Gasteiger partial charge in [-0.2, -0.15) is 0 Å². The Kier molecular flexibility index (Phi) is 5.77. The monoisotopic (exact) mass is 185 g/mol. The summed E-state index contributed by atoms with van der Waals surface area (Å²) in [4.78, 5) is 0. The van der Waals surface area contributed by atoms with Crippen LogP contribution in [-0.4, -0.2) is 6.04 Å². The molecule has 12 heavy (non-hydrogen) atoms. The van der Waals surface area contributed by atoms with Gasteiger partial charge in [-0.15, -0.1) is 12.4 Å². The van der Waals surface area contributed by atoms with Crippen molar-refractivity contribution in [2.24, 2.45) is 0 Å². The molecule has 1 rings (SSSR count). The van der Waals surface area contributed by atoms with Gasteiger partial charge in [0.2, 0.25) is 0 Å². The molecule has 0 bridgehead atoms. The highest BCUT2D eigenvalue weighted by Crippen LogP contribution is 1.97. The van der Waals surface area contributed by atoms with Crippen LogP contribution in [0.1, 0.15) is 19.4 Å². The van der Waals surface area contributed by atoms with Gasteiger partial charge in [-0.25, -0.2) is 0 Å². The Labute approximate surface area is 80.6 Å². The maximum absolute atomic E-state index is 3.36. The van der Waals surface area contributed by atoms with Crippen LogP contribution < -0.4 is 5.32 Å². The minimum atomic E-state index is 0. The third-order valence-electron chi connectivity index (χ3n) is 1.56. The lowest BCUT2D eigenvalue weighted by atomic mass is 10.2. The van der Waals surface area contributed by atoms with E-state index in [1.807, 2.05) is 6.07 Å². The maximum Gasteiger partial charge on any atom is 0.0207 e. The minimum Gasteiger partial charge on any atom is -0.310 e. The number of nitrogens with one attached hydrogen (secondary N) is 1. The Morgan fingerprint density at radius 2 is 1.75 bits per heavy atom. The maximum atomic E-state index is 3.36. The zero-order chi connectivity index (χ0) is 8.10. The molecular formula is C10H16ClN. The molecule has 0 fully saturated rings. The van der Waals surface area contributed by atoms with Gasteiger partial charge in [0.15, 0.2) is 0 Å². The highest BCUT2D eigenvalue weighted by molar-refractivity contribution is 5.85. The number of hydrogen-bond donors (Lipinski definition) is 1. The zero-order valence-corrected chi connectivity index (χ0v) is 8.40. The van der Waals surface area contributed by atoms with Gasteiger partial charge < -0.3 is 5.32 Å². The van der Waals surface area contributed by atoms with E-state index >= 15 is 0 Å². The molecule has 0 heterocycles. The van der Waals surface area contributed by atoms with E-state index in [4.69, 9.17) is 0 Å². The predicted octanol–water partition coefficient (Wildman–Crippen LogP) is 2.61. The van der Waals surface area contributed by atoms with E-state index in [-0.39, 0.29) is 12.4 Å². The summed E-state index contributed by atoms with van der Waals surface area (Å²) in [5.74, 6) is 0. The van der Waals surface area contributed by atoms with Crippen molar-refractivity contribution in [3.8, 4) is 0 Å². The van der Waals surface area contributed by atoms with Crippen LogP contribution in [0, 0.1) is 0 Å². The number of rotatable bonds is 3. The summed E-state index contributed by atoms with van der Waals surface area (Å²) < 4.78 is 0. The molecule has 0 aliphatic heterocycles. The fraction of sp³-hybridized carbons (Fsp3) is 0.400. The number of halogens is 1. The summed E-state index contributed by atoms with van der Waals surface area (Å²) in [6, 6.07) is 11.0. The first-order valence-electron chi connectivity index (χ1n) is 4.06. The van der Waals surface area contributed by atoms with E-state index < -0.39 is 0 Å². The first-order valence-corrected chi connectivity index (χ1v) is 4.06. The van der Waals surface area contributed by atoms with Crippen LogP contribution in [0.25, 0.3) is 0 Å². The molecule has 1 aromatic rings. The van der Waals surface area contributed by atoms with Gasteiger partial charge in [-0.05, 0) is 5.56 Å². The van der Waals surface area contributed by atoms with Gasteiger partial charge in [-0.1, -0.05) is 44.2 Å². The van der Waals surface area contributed by atoms with Crippen LogP contribution in [0.2, 0.25) is 0 Å². The lowest BCUT2D eigenvalue weighted by Crippen LogP contribution is -2.21. The van der Waals surface area contributed by atoms with E-state index in [1.54, 1.807) is 0 Å². The SMILES string of the molecule is CC(C)NCc1ccccc1.Cl. The highest BCUT2D eigenvalue weighted by atomic mass is 35.5. The lowest BCUT2D eigenvalue weighted by molar-refractivity contribution is 0.589. The fourth-order valence-corrected chi connectivity index (χ4v) is 0.918. The molecule has 0 spiro atoms. The van der Waals surface area contributed by atoms with E-state index in [0.29, 0.717) is 6.04 Å². The molecule has 1 N–H and O–H groups in total. The summed E-state index contributed by atoms with van der Waals surface area (Å²) in [5.41, 5.74) is 1.35. The molecule has 0 radical (unpaired) electrons. The van der Waals surface area contributed by atoms with Crippen molar-refractivity contribution in [3.05, 3.63) is 35.9 Å². The first-order chi connectivity index (χ1) is 5.29. The average molecular weight is 186 g/mol. The molecule has 0 saturated heterocycles. The largest absolute Gasteiger partial charge is 0.310 e. The van der Waals surface area contributed by atoms with Gasteiger partial charge >= 0.3 is 0 Å². The van der Waals surface area contributed by atoms with Crippen LogP contribution in [0.4, 0.5) is 0 Å². The Bertz CT molecular complexity index is 196. The molecule has 0 unspecified atom stereocenters. The molecular weight excluding hydrogens is 170 g/mol. The van der Waals surface area contributed by atoms with Crippen LogP contribution in [-0.2, 0) is 6.54 Å². The van der Waals surface area contributed by atoms with E-state index in [9.17, 15) is 0 Å². The lowest BCUT2D eigenvalue weighted by Gasteiger charge is -2.06. The number of hydrogen-bond acceptors (Lipinski definition) is 1. The van der Waals surface area contributed by atoms with Gasteiger partial charge in [-0.3, -0.25) is 0 Å². The molecule has 68 valence electrons. The van der Waals surface area contributed by atoms with Gasteiger partial charge in [0.25, 0.3) is 0 Å². The summed E-state index contributed by atoms with van der Waals surface area (Å²) in [6.07, 6.45) is 0. The van der Waals surface area contributed by atoms with Crippen molar-refractivity contribution in [3.63, 3.8) is 0 Å². The molecule has 2 heteroatoms. The van der Waals surface area contributed by atoms with Crippen molar-refractivity contribution in [1.82, 2.24) is 5.32 Å². The van der Waals surface area contributed by atoms with Gasteiger partial charge in [0.1, 0.15) is 0 Å². The third-order valence-corrected chi connectivity index (χ3v) is 1.56. The second-order valence-electron chi connectivity index (χ2n) is 3.02. The topological polar surface area (TPSA) is 12.0 Å². The average Bonchev–Trinajstić information content (AvgIpc) is 2.03. The Hall–Kier alpha value is -0.530. The second kappa shape index (κ2) is 6.04. The zero-order valence-electron chi connectivity index (χ0n) is 7.58. The Morgan fingerprint density at radius 1 is 1.17 bits per heavy atom. The van der Waals surface area contributed by atoms with Crippen molar-refractivity contribution in [2.75, 3.05) is 0 Å². The molecule has 0 saturated carbocycles. The van der Waals surface area contributed by atoms with Crippen LogP contribution >= 0.6 is 12.4 Å². The standard InChI is InChI=1S/C10H15N.ClH/c1-9(2)11-8-10-6-4-3-5-7-10;/h3-7,9,11H,8H2,1-2H3;1H. The van der Waals surface area contributed by atoms with Crippen LogP contribution in [0.5, 0.6) is 0 Å². The molecule has 1 nitrogen and oxygen atoms in total. The number of benzene rings is 1. The highest BCUT2D eigenvalue weighted by Gasteiger charge is 1.92. The van der Waals surface area contributed by atoms with Gasteiger partial charge in [0, 0.05) is 12.6 Å². The van der Waals surface area contributed by atoms with E-state index in [0.717, 1.165) is 6.54 Å². The fourth-order valence-electron chi connectivity index (χ4n) is 0.918.